The summed E-state index contributed by atoms with van der Waals surface area (Å²) >= 11 is 0. The van der Waals surface area contributed by atoms with E-state index in [1.54, 1.807) is 0 Å². The van der Waals surface area contributed by atoms with Crippen LogP contribution >= 0.6 is 0 Å². The second-order valence-corrected chi connectivity index (χ2v) is 10.4. The molecule has 6 heteroatoms. The lowest BCUT2D eigenvalue weighted by Gasteiger charge is -2.32. The highest BCUT2D eigenvalue weighted by molar-refractivity contribution is 5.96. The summed E-state index contributed by atoms with van der Waals surface area (Å²) < 4.78 is 19.2. The van der Waals surface area contributed by atoms with Gasteiger partial charge in [-0.15, -0.1) is 0 Å². The number of hydrogen-bond acceptors (Lipinski definition) is 5. The first kappa shape index (κ1) is 25.4. The van der Waals surface area contributed by atoms with Gasteiger partial charge in [-0.05, 0) is 91.9 Å². The van der Waals surface area contributed by atoms with Crippen molar-refractivity contribution in [1.82, 2.24) is 9.80 Å². The van der Waals surface area contributed by atoms with Crippen molar-refractivity contribution in [2.24, 2.45) is 5.92 Å². The van der Waals surface area contributed by atoms with Crippen LogP contribution in [0.1, 0.15) is 52.7 Å². The van der Waals surface area contributed by atoms with Crippen molar-refractivity contribution >= 4 is 11.5 Å². The zero-order chi connectivity index (χ0) is 25.6. The van der Waals surface area contributed by atoms with E-state index in [9.17, 15) is 9.18 Å². The lowest BCUT2D eigenvalue weighted by Crippen LogP contribution is -2.33. The minimum Gasteiger partial charge on any atom is -0.492 e. The highest BCUT2D eigenvalue weighted by Gasteiger charge is 2.22. The van der Waals surface area contributed by atoms with Crippen molar-refractivity contribution in [3.8, 4) is 5.75 Å². The summed E-state index contributed by atoms with van der Waals surface area (Å²) in [6.45, 7) is 5.91. The van der Waals surface area contributed by atoms with E-state index < -0.39 is 0 Å². The first-order valence-corrected chi connectivity index (χ1v) is 13.3. The molecule has 0 unspecified atom stereocenters. The van der Waals surface area contributed by atoms with E-state index in [0.717, 1.165) is 80.1 Å². The van der Waals surface area contributed by atoms with E-state index in [-0.39, 0.29) is 11.6 Å². The summed E-state index contributed by atoms with van der Waals surface area (Å²) in [5.74, 6) is 1.44. The molecule has 2 aliphatic rings. The van der Waals surface area contributed by atoms with Crippen molar-refractivity contribution in [2.45, 2.75) is 45.3 Å². The van der Waals surface area contributed by atoms with Crippen molar-refractivity contribution in [2.75, 3.05) is 32.0 Å². The summed E-state index contributed by atoms with van der Waals surface area (Å²) in [5, 5.41) is 0. The van der Waals surface area contributed by atoms with Crippen LogP contribution in [0.5, 0.6) is 5.75 Å². The number of carbonyl (C=O) groups excluding carboxylic acids is 1. The molecule has 1 fully saturated rings. The van der Waals surface area contributed by atoms with Crippen LogP contribution in [-0.2, 0) is 19.6 Å². The van der Waals surface area contributed by atoms with E-state index in [0.29, 0.717) is 25.5 Å². The van der Waals surface area contributed by atoms with Crippen LogP contribution in [0.3, 0.4) is 0 Å². The number of nitrogens with two attached hydrogens (primary N) is 1. The largest absolute Gasteiger partial charge is 0.492 e. The zero-order valence-corrected chi connectivity index (χ0v) is 21.4. The number of carbonyl (C=O) groups is 1. The highest BCUT2D eigenvalue weighted by Crippen LogP contribution is 2.28. The van der Waals surface area contributed by atoms with Crippen LogP contribution in [0.25, 0.3) is 0 Å². The number of piperidine rings is 1. The minimum absolute atomic E-state index is 0.210. The monoisotopic (exact) mass is 501 g/mol. The van der Waals surface area contributed by atoms with Crippen LogP contribution < -0.4 is 10.5 Å². The normalized spacial score (nSPS) is 17.1. The molecule has 0 saturated carbocycles. The molecule has 0 spiro atoms. The fourth-order valence-corrected chi connectivity index (χ4v) is 5.40. The predicted molar refractivity (Wildman–Crippen MR) is 145 cm³/mol. The second kappa shape index (κ2) is 11.9. The van der Waals surface area contributed by atoms with Crippen LogP contribution in [0.4, 0.5) is 10.1 Å². The number of nitrogen functional groups attached to an aromatic ring is 1. The van der Waals surface area contributed by atoms with E-state index in [1.807, 2.05) is 42.5 Å². The first-order chi connectivity index (χ1) is 18.0. The minimum atomic E-state index is -0.222. The van der Waals surface area contributed by atoms with Gasteiger partial charge in [0.1, 0.15) is 18.2 Å². The van der Waals surface area contributed by atoms with E-state index in [2.05, 4.69) is 21.9 Å². The van der Waals surface area contributed by atoms with Crippen LogP contribution in [-0.4, -0.2) is 41.8 Å². The molecule has 0 radical (unpaired) electrons. The molecule has 3 aromatic carbocycles. The summed E-state index contributed by atoms with van der Waals surface area (Å²) in [6.07, 6.45) is 3.80. The zero-order valence-electron chi connectivity index (χ0n) is 21.4. The van der Waals surface area contributed by atoms with Crippen molar-refractivity contribution in [1.29, 1.82) is 0 Å². The number of benzene rings is 3. The Morgan fingerprint density at radius 1 is 0.892 bits per heavy atom. The third-order valence-corrected chi connectivity index (χ3v) is 7.63. The van der Waals surface area contributed by atoms with Crippen molar-refractivity contribution in [3.63, 3.8) is 0 Å². The Bertz CT molecular complexity index is 1190. The number of Topliss-reactive ketones (excluding diaryl/α,β-unsaturated/α-hetero) is 1. The van der Waals surface area contributed by atoms with Crippen molar-refractivity contribution < 1.29 is 13.9 Å². The topological polar surface area (TPSA) is 58.8 Å². The van der Waals surface area contributed by atoms with Gasteiger partial charge in [0.05, 0.1) is 0 Å². The molecule has 194 valence electrons. The lowest BCUT2D eigenvalue weighted by atomic mass is 9.90. The van der Waals surface area contributed by atoms with E-state index in [4.69, 9.17) is 10.5 Å². The molecule has 0 atom stereocenters. The van der Waals surface area contributed by atoms with Crippen LogP contribution in [0.15, 0.2) is 66.7 Å². The molecule has 37 heavy (non-hydrogen) atoms. The van der Waals surface area contributed by atoms with Gasteiger partial charge in [0.2, 0.25) is 0 Å². The Balaban J connectivity index is 1.12. The van der Waals surface area contributed by atoms with Crippen molar-refractivity contribution in [3.05, 3.63) is 94.8 Å². The Kier molecular flexibility index (Phi) is 8.17. The molecule has 3 aromatic rings. The number of rotatable bonds is 8. The number of fused-ring (bicyclic) bond motifs is 1. The van der Waals surface area contributed by atoms with Gasteiger partial charge in [-0.1, -0.05) is 24.3 Å². The number of nitrogens with zero attached hydrogens (tertiary/aromatic N) is 2. The Morgan fingerprint density at radius 2 is 1.57 bits per heavy atom. The summed E-state index contributed by atoms with van der Waals surface area (Å²) in [4.78, 5) is 17.9. The van der Waals surface area contributed by atoms with Gasteiger partial charge in [0.15, 0.2) is 5.78 Å². The molecule has 1 saturated heterocycles. The third kappa shape index (κ3) is 6.96. The molecule has 2 heterocycles. The number of hydrogen-bond donors (Lipinski definition) is 1. The summed E-state index contributed by atoms with van der Waals surface area (Å²) in [5.41, 5.74) is 10.8. The number of anilines is 1. The summed E-state index contributed by atoms with van der Waals surface area (Å²) in [7, 11) is 0. The number of ketones is 1. The molecule has 5 nitrogen and oxygen atoms in total. The van der Waals surface area contributed by atoms with Gasteiger partial charge in [-0.3, -0.25) is 14.6 Å². The quantitative estimate of drug-likeness (QED) is 0.318. The maximum Gasteiger partial charge on any atom is 0.162 e. The molecule has 5 rings (SSSR count). The molecular weight excluding hydrogens is 465 g/mol. The maximum atomic E-state index is 13.3. The van der Waals surface area contributed by atoms with Gasteiger partial charge in [0.25, 0.3) is 0 Å². The van der Waals surface area contributed by atoms with Gasteiger partial charge >= 0.3 is 0 Å². The fraction of sp³-hybridized carbons (Fsp3) is 0.387. The van der Waals surface area contributed by atoms with E-state index >= 15 is 0 Å². The molecular formula is C31H36FN3O2. The standard InChI is InChI=1S/C31H36FN3O2/c32-28-7-1-24(2-8-28)21-35-17-18-37-31-12-6-26(19-27(31)22-35)30(36)11-5-23-13-15-34(16-14-23)20-25-3-9-29(33)10-4-25/h1-4,6-10,12,19,23H,5,11,13-18,20-22,33H2. The maximum absolute atomic E-state index is 13.3. The van der Waals surface area contributed by atoms with E-state index in [1.165, 1.54) is 17.7 Å². The SMILES string of the molecule is Nc1ccc(CN2CCC(CCC(=O)c3ccc4c(c3)CN(Cc3ccc(F)cc3)CCO4)CC2)cc1. The number of ether oxygens (including phenoxy) is 1. The number of halogens is 1. The smallest absolute Gasteiger partial charge is 0.162 e. The first-order valence-electron chi connectivity index (χ1n) is 13.3. The molecule has 0 bridgehead atoms. The lowest BCUT2D eigenvalue weighted by molar-refractivity contribution is 0.0961. The average Bonchev–Trinajstić information content (AvgIpc) is 3.12. The molecule has 0 amide bonds. The Hall–Kier alpha value is -3.22. The highest BCUT2D eigenvalue weighted by atomic mass is 19.1. The Labute approximate surface area is 219 Å². The molecule has 2 N–H and O–H groups in total. The summed E-state index contributed by atoms with van der Waals surface area (Å²) in [6, 6.07) is 20.6. The predicted octanol–water partition coefficient (Wildman–Crippen LogP) is 5.68. The van der Waals surface area contributed by atoms with Gasteiger partial charge in [-0.25, -0.2) is 4.39 Å². The molecule has 0 aliphatic carbocycles. The number of likely N-dealkylation sites (tertiary alicyclic amines) is 1. The van der Waals surface area contributed by atoms with Gasteiger partial charge < -0.3 is 10.5 Å². The fourth-order valence-electron chi connectivity index (χ4n) is 5.40. The second-order valence-electron chi connectivity index (χ2n) is 10.4. The molecule has 2 aliphatic heterocycles. The average molecular weight is 502 g/mol. The van der Waals surface area contributed by atoms with Crippen LogP contribution in [0.2, 0.25) is 0 Å². The third-order valence-electron chi connectivity index (χ3n) is 7.63. The molecule has 0 aromatic heterocycles. The van der Waals surface area contributed by atoms with Crippen LogP contribution in [0, 0.1) is 11.7 Å². The Morgan fingerprint density at radius 3 is 2.30 bits per heavy atom. The van der Waals surface area contributed by atoms with Gasteiger partial charge in [-0.2, -0.15) is 0 Å². The van der Waals surface area contributed by atoms with Gasteiger partial charge in [0, 0.05) is 49.4 Å².